The van der Waals surface area contributed by atoms with Crippen molar-refractivity contribution in [3.8, 4) is 61.5 Å². The Labute approximate surface area is 372 Å². The molecule has 0 spiro atoms. The van der Waals surface area contributed by atoms with Crippen molar-refractivity contribution in [2.45, 2.75) is 0 Å². The van der Waals surface area contributed by atoms with Crippen molar-refractivity contribution in [1.29, 1.82) is 0 Å². The van der Waals surface area contributed by atoms with Crippen LogP contribution in [-0.4, -0.2) is 4.57 Å². The van der Waals surface area contributed by atoms with Crippen LogP contribution in [0.4, 0.5) is 17.1 Å². The number of aromatic nitrogens is 1. The van der Waals surface area contributed by atoms with Gasteiger partial charge in [-0.25, -0.2) is 0 Å². The monoisotopic (exact) mass is 812 g/mol. The van der Waals surface area contributed by atoms with Crippen molar-refractivity contribution < 1.29 is 0 Å². The van der Waals surface area contributed by atoms with Gasteiger partial charge in [0, 0.05) is 33.7 Å². The molecule has 11 aromatic carbocycles. The normalized spacial score (nSPS) is 11.8. The van der Waals surface area contributed by atoms with Crippen molar-refractivity contribution in [2.24, 2.45) is 0 Å². The molecule has 0 radical (unpaired) electrons. The number of anilines is 3. The number of nitrogens with zero attached hydrogens (tertiary/aromatic N) is 2. The van der Waals surface area contributed by atoms with Gasteiger partial charge in [0.25, 0.3) is 0 Å². The predicted octanol–water partition coefficient (Wildman–Crippen LogP) is 17.2. The molecule has 13 rings (SSSR count). The van der Waals surface area contributed by atoms with Gasteiger partial charge in [0.1, 0.15) is 0 Å². The first kappa shape index (κ1) is 36.2. The SMILES string of the molecule is c1ccc(-c2c(-c3ccc(N(c4cccc(-c5ccc6c(ccc7ccccc76)c5)c4)c4cc5c6c(cccc6c4)-c4ccccc4-5)cc3)n(-c3ccccc3)c3ccccc23)cc1. The Morgan fingerprint density at radius 3 is 1.75 bits per heavy atom. The fourth-order valence-corrected chi connectivity index (χ4v) is 10.4. The lowest BCUT2D eigenvalue weighted by molar-refractivity contribution is 1.13. The molecule has 0 saturated carbocycles. The predicted molar refractivity (Wildman–Crippen MR) is 271 cm³/mol. The van der Waals surface area contributed by atoms with Gasteiger partial charge in [-0.2, -0.15) is 0 Å². The number of hydrogen-bond acceptors (Lipinski definition) is 1. The van der Waals surface area contributed by atoms with E-state index in [4.69, 9.17) is 0 Å². The fraction of sp³-hybridized carbons (Fsp3) is 0. The largest absolute Gasteiger partial charge is 0.310 e. The first-order chi connectivity index (χ1) is 31.7. The van der Waals surface area contributed by atoms with Gasteiger partial charge in [0.2, 0.25) is 0 Å². The molecule has 0 saturated heterocycles. The van der Waals surface area contributed by atoms with Crippen LogP contribution in [0.1, 0.15) is 0 Å². The fourth-order valence-electron chi connectivity index (χ4n) is 10.4. The second-order valence-corrected chi connectivity index (χ2v) is 16.9. The number of benzene rings is 11. The molecule has 298 valence electrons. The van der Waals surface area contributed by atoms with E-state index in [0.29, 0.717) is 0 Å². The summed E-state index contributed by atoms with van der Waals surface area (Å²) in [6, 6.07) is 89.1. The van der Waals surface area contributed by atoms with Crippen LogP contribution in [-0.2, 0) is 0 Å². The average molecular weight is 813 g/mol. The topological polar surface area (TPSA) is 8.17 Å². The van der Waals surface area contributed by atoms with Crippen LogP contribution in [0.5, 0.6) is 0 Å². The van der Waals surface area contributed by atoms with Gasteiger partial charge in [0.05, 0.1) is 11.2 Å². The average Bonchev–Trinajstić information content (AvgIpc) is 3.89. The van der Waals surface area contributed by atoms with Crippen LogP contribution in [0.25, 0.3) is 105 Å². The molecule has 1 aliphatic carbocycles. The minimum atomic E-state index is 1.09. The van der Waals surface area contributed by atoms with Gasteiger partial charge in [0.15, 0.2) is 0 Å². The lowest BCUT2D eigenvalue weighted by Gasteiger charge is -2.27. The van der Waals surface area contributed by atoms with Crippen molar-refractivity contribution in [1.82, 2.24) is 4.57 Å². The standard InChI is InChI=1S/C62H40N2/c1-3-16-42(17-4-1)61-57-26-11-12-28-59(57)64(48-20-5-2-6-21-48)62(61)43-31-34-49(35-32-43)63(51-39-47-19-14-27-56-54-24-9-10-25-55(54)58(40-51)60(47)56)50-22-13-18-44(38-50)45-33-36-53-46(37-45)30-29-41-15-7-8-23-52(41)53/h1-40H. The highest BCUT2D eigenvalue weighted by Gasteiger charge is 2.25. The summed E-state index contributed by atoms with van der Waals surface area (Å²) in [5, 5.41) is 8.84. The van der Waals surface area contributed by atoms with Gasteiger partial charge < -0.3 is 9.47 Å². The highest BCUT2D eigenvalue weighted by atomic mass is 15.1. The third-order valence-electron chi connectivity index (χ3n) is 13.3. The van der Waals surface area contributed by atoms with E-state index in [2.05, 4.69) is 252 Å². The zero-order valence-electron chi connectivity index (χ0n) is 35.0. The number of hydrogen-bond donors (Lipinski definition) is 0. The Morgan fingerprint density at radius 2 is 0.906 bits per heavy atom. The summed E-state index contributed by atoms with van der Waals surface area (Å²) in [6.45, 7) is 0. The molecule has 1 heterocycles. The molecular formula is C62H40N2. The van der Waals surface area contributed by atoms with E-state index >= 15 is 0 Å². The molecule has 0 aliphatic heterocycles. The van der Waals surface area contributed by atoms with Crippen LogP contribution in [0, 0.1) is 0 Å². The third kappa shape index (κ3) is 5.73. The Balaban J connectivity index is 1.00. The van der Waals surface area contributed by atoms with Gasteiger partial charge in [-0.05, 0) is 137 Å². The van der Waals surface area contributed by atoms with E-state index in [9.17, 15) is 0 Å². The van der Waals surface area contributed by atoms with E-state index in [1.165, 1.54) is 93.4 Å². The summed E-state index contributed by atoms with van der Waals surface area (Å²) in [5.74, 6) is 0. The van der Waals surface area contributed by atoms with E-state index in [1.807, 2.05) is 0 Å². The summed E-state index contributed by atoms with van der Waals surface area (Å²) in [6.07, 6.45) is 0. The van der Waals surface area contributed by atoms with Gasteiger partial charge in [-0.1, -0.05) is 182 Å². The summed E-state index contributed by atoms with van der Waals surface area (Å²) in [5.41, 5.74) is 17.9. The van der Waals surface area contributed by atoms with E-state index in [0.717, 1.165) is 28.3 Å². The lowest BCUT2D eigenvalue weighted by atomic mass is 9.96. The Morgan fingerprint density at radius 1 is 0.297 bits per heavy atom. The number of rotatable bonds is 7. The smallest absolute Gasteiger partial charge is 0.0619 e. The van der Waals surface area contributed by atoms with Gasteiger partial charge >= 0.3 is 0 Å². The zero-order valence-corrected chi connectivity index (χ0v) is 35.0. The molecule has 1 aliphatic rings. The van der Waals surface area contributed by atoms with Crippen molar-refractivity contribution in [3.05, 3.63) is 243 Å². The molecule has 64 heavy (non-hydrogen) atoms. The Bertz CT molecular complexity index is 3690. The molecule has 0 N–H and O–H groups in total. The zero-order chi connectivity index (χ0) is 42.1. The van der Waals surface area contributed by atoms with Crippen molar-refractivity contribution >= 4 is 60.3 Å². The third-order valence-corrected chi connectivity index (χ3v) is 13.3. The Hall–Kier alpha value is -8.46. The van der Waals surface area contributed by atoms with Crippen LogP contribution in [0.15, 0.2) is 243 Å². The first-order valence-corrected chi connectivity index (χ1v) is 22.1. The molecular weight excluding hydrogens is 773 g/mol. The maximum atomic E-state index is 2.44. The molecule has 2 heteroatoms. The molecule has 0 fully saturated rings. The van der Waals surface area contributed by atoms with Crippen LogP contribution >= 0.6 is 0 Å². The molecule has 0 bridgehead atoms. The lowest BCUT2D eigenvalue weighted by Crippen LogP contribution is -2.10. The Kier molecular flexibility index (Phi) is 8.25. The summed E-state index contributed by atoms with van der Waals surface area (Å²) < 4.78 is 2.43. The minimum absolute atomic E-state index is 1.09. The molecule has 1 aromatic heterocycles. The molecule has 0 atom stereocenters. The van der Waals surface area contributed by atoms with Crippen LogP contribution in [0.3, 0.4) is 0 Å². The van der Waals surface area contributed by atoms with Crippen LogP contribution in [0.2, 0.25) is 0 Å². The van der Waals surface area contributed by atoms with Crippen LogP contribution < -0.4 is 4.90 Å². The maximum Gasteiger partial charge on any atom is 0.0619 e. The second-order valence-electron chi connectivity index (χ2n) is 16.9. The van der Waals surface area contributed by atoms with E-state index < -0.39 is 0 Å². The maximum absolute atomic E-state index is 2.44. The minimum Gasteiger partial charge on any atom is -0.310 e. The number of para-hydroxylation sites is 2. The highest BCUT2D eigenvalue weighted by molar-refractivity contribution is 6.17. The molecule has 12 aromatic rings. The molecule has 0 unspecified atom stereocenters. The highest BCUT2D eigenvalue weighted by Crippen LogP contribution is 2.51. The summed E-state index contributed by atoms with van der Waals surface area (Å²) in [7, 11) is 0. The first-order valence-electron chi connectivity index (χ1n) is 22.1. The quantitative estimate of drug-likeness (QED) is 0.146. The summed E-state index contributed by atoms with van der Waals surface area (Å²) in [4.78, 5) is 2.44. The number of fused-ring (bicyclic) bond motifs is 7. The van der Waals surface area contributed by atoms with Crippen molar-refractivity contribution in [2.75, 3.05) is 4.90 Å². The molecule has 0 amide bonds. The second kappa shape index (κ2) is 14.6. The van der Waals surface area contributed by atoms with E-state index in [-0.39, 0.29) is 0 Å². The van der Waals surface area contributed by atoms with Gasteiger partial charge in [-0.15, -0.1) is 0 Å². The van der Waals surface area contributed by atoms with Crippen molar-refractivity contribution in [3.63, 3.8) is 0 Å². The van der Waals surface area contributed by atoms with E-state index in [1.54, 1.807) is 0 Å². The summed E-state index contributed by atoms with van der Waals surface area (Å²) >= 11 is 0. The molecule has 2 nitrogen and oxygen atoms in total. The van der Waals surface area contributed by atoms with Gasteiger partial charge in [-0.3, -0.25) is 0 Å².